The van der Waals surface area contributed by atoms with Crippen molar-refractivity contribution in [3.8, 4) is 0 Å². The van der Waals surface area contributed by atoms with Gasteiger partial charge in [-0.2, -0.15) is 0 Å². The van der Waals surface area contributed by atoms with Gasteiger partial charge in [0.15, 0.2) is 5.78 Å². The van der Waals surface area contributed by atoms with Crippen LogP contribution >= 0.6 is 7.60 Å². The lowest BCUT2D eigenvalue weighted by molar-refractivity contribution is -0.117. The van der Waals surface area contributed by atoms with E-state index in [0.717, 1.165) is 0 Å². The van der Waals surface area contributed by atoms with Crippen molar-refractivity contribution in [1.29, 1.82) is 0 Å². The van der Waals surface area contributed by atoms with Crippen molar-refractivity contribution in [1.82, 2.24) is 5.32 Å². The maximum atomic E-state index is 11.4. The van der Waals surface area contributed by atoms with Crippen LogP contribution in [-0.4, -0.2) is 15.7 Å². The van der Waals surface area contributed by atoms with E-state index in [9.17, 15) is 19.1 Å². The minimum absolute atomic E-state index is 0.194. The van der Waals surface area contributed by atoms with E-state index in [1.807, 2.05) is 0 Å². The zero-order valence-corrected chi connectivity index (χ0v) is 10.2. The molecule has 0 unspecified atom stereocenters. The first kappa shape index (κ1) is 13.6. The Morgan fingerprint density at radius 1 is 1.35 bits per heavy atom. The van der Waals surface area contributed by atoms with Crippen molar-refractivity contribution in [3.05, 3.63) is 48.0 Å². The fourth-order valence-electron chi connectivity index (χ4n) is 1.24. The van der Waals surface area contributed by atoms with Crippen LogP contribution in [0.2, 0.25) is 0 Å². The number of hydrogen-bond acceptors (Lipinski definition) is 2. The predicted molar refractivity (Wildman–Crippen MR) is 64.2 cm³/mol. The lowest BCUT2D eigenvalue weighted by Gasteiger charge is -2.20. The first-order valence-corrected chi connectivity index (χ1v) is 6.57. The summed E-state index contributed by atoms with van der Waals surface area (Å²) < 4.78 is 11.3. The molecule has 0 fully saturated rings. The second kappa shape index (κ2) is 5.27. The quantitative estimate of drug-likeness (QED) is 0.562. The van der Waals surface area contributed by atoms with Crippen LogP contribution in [0.3, 0.4) is 0 Å². The normalized spacial score (nSPS) is 12.9. The Hall–Kier alpha value is -1.42. The van der Waals surface area contributed by atoms with Gasteiger partial charge in [-0.05, 0) is 12.5 Å². The molecule has 1 aromatic rings. The molecule has 1 amide bonds. The van der Waals surface area contributed by atoms with Gasteiger partial charge < -0.3 is 15.1 Å². The summed E-state index contributed by atoms with van der Waals surface area (Å²) in [6.45, 7) is 4.89. The van der Waals surface area contributed by atoms with Crippen LogP contribution < -0.4 is 5.32 Å². The number of rotatable bonds is 4. The van der Waals surface area contributed by atoms with E-state index in [2.05, 4.69) is 11.9 Å². The Bertz CT molecular complexity index is 466. The Balaban J connectivity index is 3.03. The van der Waals surface area contributed by atoms with E-state index in [1.165, 1.54) is 6.92 Å². The van der Waals surface area contributed by atoms with Crippen LogP contribution in [0.25, 0.3) is 0 Å². The summed E-state index contributed by atoms with van der Waals surface area (Å²) >= 11 is 0. The van der Waals surface area contributed by atoms with Gasteiger partial charge in [0.25, 0.3) is 0 Å². The molecule has 92 valence electrons. The molecule has 1 atom stereocenters. The number of benzene rings is 1. The SMILES string of the molecule is C=C(C)C(=O)N[C@@H](c1ccccc1)P(=O)(O)O. The highest BCUT2D eigenvalue weighted by Gasteiger charge is 2.31. The smallest absolute Gasteiger partial charge is 0.335 e. The third-order valence-corrected chi connectivity index (χ3v) is 3.21. The first-order valence-electron chi connectivity index (χ1n) is 4.89. The van der Waals surface area contributed by atoms with E-state index in [-0.39, 0.29) is 5.57 Å². The Morgan fingerprint density at radius 3 is 2.29 bits per heavy atom. The summed E-state index contributed by atoms with van der Waals surface area (Å²) in [6.07, 6.45) is 0. The molecule has 0 aromatic heterocycles. The van der Waals surface area contributed by atoms with Crippen molar-refractivity contribution >= 4 is 13.5 Å². The van der Waals surface area contributed by atoms with Gasteiger partial charge in [-0.1, -0.05) is 36.9 Å². The van der Waals surface area contributed by atoms with Crippen LogP contribution in [0, 0.1) is 0 Å². The molecule has 0 radical (unpaired) electrons. The van der Waals surface area contributed by atoms with Crippen LogP contribution in [-0.2, 0) is 9.36 Å². The Kier molecular flexibility index (Phi) is 4.23. The monoisotopic (exact) mass is 255 g/mol. The highest BCUT2D eigenvalue weighted by molar-refractivity contribution is 7.52. The third kappa shape index (κ3) is 3.82. The van der Waals surface area contributed by atoms with Crippen LogP contribution in [0.15, 0.2) is 42.5 Å². The van der Waals surface area contributed by atoms with Gasteiger partial charge in [0.2, 0.25) is 5.91 Å². The molecule has 1 aromatic carbocycles. The number of nitrogens with one attached hydrogen (secondary N) is 1. The minimum Gasteiger partial charge on any atom is -0.335 e. The minimum atomic E-state index is -4.46. The van der Waals surface area contributed by atoms with Crippen LogP contribution in [0.5, 0.6) is 0 Å². The van der Waals surface area contributed by atoms with Crippen molar-refractivity contribution < 1.29 is 19.1 Å². The zero-order valence-electron chi connectivity index (χ0n) is 9.33. The summed E-state index contributed by atoms with van der Waals surface area (Å²) in [7, 11) is -4.46. The molecule has 0 aliphatic rings. The molecular formula is C11H14NO4P. The molecule has 6 heteroatoms. The molecule has 17 heavy (non-hydrogen) atoms. The van der Waals surface area contributed by atoms with E-state index in [0.29, 0.717) is 5.56 Å². The van der Waals surface area contributed by atoms with Gasteiger partial charge >= 0.3 is 7.60 Å². The fourth-order valence-corrected chi connectivity index (χ4v) is 2.09. The second-order valence-corrected chi connectivity index (χ2v) is 5.35. The van der Waals surface area contributed by atoms with Crippen molar-refractivity contribution in [2.75, 3.05) is 0 Å². The predicted octanol–water partition coefficient (Wildman–Crippen LogP) is 1.56. The van der Waals surface area contributed by atoms with Crippen LogP contribution in [0.1, 0.15) is 18.3 Å². The molecular weight excluding hydrogens is 241 g/mol. The molecule has 0 heterocycles. The van der Waals surface area contributed by atoms with Crippen molar-refractivity contribution in [3.63, 3.8) is 0 Å². The lowest BCUT2D eigenvalue weighted by atomic mass is 10.2. The summed E-state index contributed by atoms with van der Waals surface area (Å²) in [6, 6.07) is 8.10. The van der Waals surface area contributed by atoms with Gasteiger partial charge in [-0.25, -0.2) is 0 Å². The summed E-state index contributed by atoms with van der Waals surface area (Å²) in [5, 5.41) is 2.27. The van der Waals surface area contributed by atoms with E-state index in [4.69, 9.17) is 0 Å². The highest BCUT2D eigenvalue weighted by Crippen LogP contribution is 2.49. The molecule has 0 saturated heterocycles. The second-order valence-electron chi connectivity index (χ2n) is 3.66. The van der Waals surface area contributed by atoms with Crippen molar-refractivity contribution in [2.24, 2.45) is 0 Å². The third-order valence-electron chi connectivity index (χ3n) is 2.11. The van der Waals surface area contributed by atoms with Gasteiger partial charge in [0.1, 0.15) is 0 Å². The summed E-state index contributed by atoms with van der Waals surface area (Å²) in [5.41, 5.74) is 0.551. The molecule has 1 rings (SSSR count). The summed E-state index contributed by atoms with van der Waals surface area (Å²) in [5.74, 6) is -1.92. The average Bonchev–Trinajstić information content (AvgIpc) is 2.25. The molecule has 3 N–H and O–H groups in total. The van der Waals surface area contributed by atoms with Gasteiger partial charge in [-0.3, -0.25) is 9.36 Å². The number of carbonyl (C=O) groups excluding carboxylic acids is 1. The van der Waals surface area contributed by atoms with E-state index < -0.39 is 19.3 Å². The van der Waals surface area contributed by atoms with Gasteiger partial charge in [-0.15, -0.1) is 0 Å². The van der Waals surface area contributed by atoms with E-state index in [1.54, 1.807) is 30.3 Å². The fraction of sp³-hybridized carbons (Fsp3) is 0.182. The lowest BCUT2D eigenvalue weighted by Crippen LogP contribution is -2.28. The average molecular weight is 255 g/mol. The zero-order chi connectivity index (χ0) is 13.1. The van der Waals surface area contributed by atoms with Gasteiger partial charge in [0.05, 0.1) is 0 Å². The van der Waals surface area contributed by atoms with Crippen molar-refractivity contribution in [2.45, 2.75) is 12.7 Å². The molecule has 0 bridgehead atoms. The van der Waals surface area contributed by atoms with Crippen LogP contribution in [0.4, 0.5) is 0 Å². The first-order chi connectivity index (χ1) is 7.82. The molecule has 0 spiro atoms. The molecule has 0 aliphatic carbocycles. The van der Waals surface area contributed by atoms with E-state index >= 15 is 0 Å². The number of hydrogen-bond donors (Lipinski definition) is 3. The maximum Gasteiger partial charge on any atom is 0.352 e. The summed E-state index contributed by atoms with van der Waals surface area (Å²) in [4.78, 5) is 29.9. The molecule has 0 aliphatic heterocycles. The largest absolute Gasteiger partial charge is 0.352 e. The standard InChI is InChI=1S/C11H14NO4P/c1-8(2)10(13)12-11(17(14,15)16)9-6-4-3-5-7-9/h3-7,11H,1H2,2H3,(H,12,13)(H2,14,15,16)/t11-/m1/s1. The number of carbonyl (C=O) groups is 1. The number of amides is 1. The maximum absolute atomic E-state index is 11.4. The topological polar surface area (TPSA) is 86.6 Å². The Labute approximate surface area is 99.3 Å². The van der Waals surface area contributed by atoms with Gasteiger partial charge in [0, 0.05) is 5.57 Å². The molecule has 5 nitrogen and oxygen atoms in total. The molecule has 0 saturated carbocycles. The Morgan fingerprint density at radius 2 is 1.88 bits per heavy atom. The highest BCUT2D eigenvalue weighted by atomic mass is 31.2.